The van der Waals surface area contributed by atoms with Crippen molar-refractivity contribution in [1.29, 1.82) is 0 Å². The van der Waals surface area contributed by atoms with Crippen LogP contribution in [-0.4, -0.2) is 5.11 Å². The van der Waals surface area contributed by atoms with Crippen LogP contribution >= 0.6 is 25.3 Å². The third-order valence-electron chi connectivity index (χ3n) is 0.993. The fourth-order valence-electron chi connectivity index (χ4n) is 0.519. The van der Waals surface area contributed by atoms with E-state index in [-0.39, 0.29) is 5.75 Å². The molecule has 0 bridgehead atoms. The summed E-state index contributed by atoms with van der Waals surface area (Å²) in [7, 11) is 0. The number of hydrogen-bond acceptors (Lipinski definition) is 3. The van der Waals surface area contributed by atoms with E-state index in [0.29, 0.717) is 9.79 Å². The molecule has 1 aromatic carbocycles. The van der Waals surface area contributed by atoms with Crippen molar-refractivity contribution in [1.82, 2.24) is 0 Å². The molecule has 1 N–H and O–H groups in total. The first-order valence-corrected chi connectivity index (χ1v) is 3.31. The summed E-state index contributed by atoms with van der Waals surface area (Å²) in [4.78, 5) is 1.22. The molecule has 9 heavy (non-hydrogen) atoms. The van der Waals surface area contributed by atoms with Crippen molar-refractivity contribution >= 4 is 25.3 Å². The highest BCUT2D eigenvalue weighted by Gasteiger charge is 1.96. The van der Waals surface area contributed by atoms with Crippen LogP contribution in [-0.2, 0) is 0 Å². The Morgan fingerprint density at radius 2 is 1.89 bits per heavy atom. The van der Waals surface area contributed by atoms with E-state index in [0.717, 1.165) is 0 Å². The Kier molecular flexibility index (Phi) is 1.93. The van der Waals surface area contributed by atoms with Crippen molar-refractivity contribution < 1.29 is 5.11 Å². The van der Waals surface area contributed by atoms with Crippen LogP contribution in [0.5, 0.6) is 5.75 Å². The number of phenolic OH excluding ortho intramolecular Hbond substituents is 1. The van der Waals surface area contributed by atoms with Crippen LogP contribution in [0, 0.1) is 0 Å². The average Bonchev–Trinajstić information content (AvgIpc) is 1.83. The molecule has 0 saturated carbocycles. The lowest BCUT2D eigenvalue weighted by atomic mass is 10.3. The number of rotatable bonds is 0. The Labute approximate surface area is 64.5 Å². The highest BCUT2D eigenvalue weighted by molar-refractivity contribution is 7.83. The number of phenols is 1. The molecule has 0 aromatic heterocycles. The van der Waals surface area contributed by atoms with Crippen molar-refractivity contribution in [3.8, 4) is 5.75 Å². The third kappa shape index (κ3) is 1.34. The lowest BCUT2D eigenvalue weighted by Gasteiger charge is -1.97. The fraction of sp³-hybridized carbons (Fsp3) is 0. The van der Waals surface area contributed by atoms with Crippen LogP contribution in [0.15, 0.2) is 28.0 Å². The zero-order valence-electron chi connectivity index (χ0n) is 4.57. The molecular formula is C6H6OS2. The standard InChI is InChI=1S/C6H6OS2/c7-4-2-1-3-5(8)6(4)9/h1-3,7-9H. The van der Waals surface area contributed by atoms with E-state index in [1.165, 1.54) is 0 Å². The summed E-state index contributed by atoms with van der Waals surface area (Å²) in [5, 5.41) is 8.97. The monoisotopic (exact) mass is 158 g/mol. The maximum Gasteiger partial charge on any atom is 0.130 e. The molecule has 0 unspecified atom stereocenters. The van der Waals surface area contributed by atoms with Crippen LogP contribution in [0.4, 0.5) is 0 Å². The highest BCUT2D eigenvalue weighted by atomic mass is 32.1. The van der Waals surface area contributed by atoms with Gasteiger partial charge < -0.3 is 5.11 Å². The van der Waals surface area contributed by atoms with Gasteiger partial charge in [-0.2, -0.15) is 0 Å². The quantitative estimate of drug-likeness (QED) is 0.493. The minimum absolute atomic E-state index is 0.172. The molecule has 1 nitrogen and oxygen atoms in total. The summed E-state index contributed by atoms with van der Waals surface area (Å²) in [6, 6.07) is 5.06. The molecule has 0 aliphatic rings. The summed E-state index contributed by atoms with van der Waals surface area (Å²) in [6.45, 7) is 0. The van der Waals surface area contributed by atoms with E-state index in [4.69, 9.17) is 5.11 Å². The number of hydrogen-bond donors (Lipinski definition) is 3. The first-order valence-electron chi connectivity index (χ1n) is 2.41. The number of thiol groups is 2. The van der Waals surface area contributed by atoms with Gasteiger partial charge in [-0.15, -0.1) is 25.3 Å². The second kappa shape index (κ2) is 2.54. The Hall–Kier alpha value is -0.280. The number of benzene rings is 1. The van der Waals surface area contributed by atoms with Gasteiger partial charge in [-0.3, -0.25) is 0 Å². The smallest absolute Gasteiger partial charge is 0.130 e. The minimum Gasteiger partial charge on any atom is -0.507 e. The Morgan fingerprint density at radius 3 is 2.33 bits per heavy atom. The van der Waals surface area contributed by atoms with E-state index in [1.807, 2.05) is 0 Å². The van der Waals surface area contributed by atoms with E-state index in [1.54, 1.807) is 18.2 Å². The van der Waals surface area contributed by atoms with Crippen molar-refractivity contribution in [2.24, 2.45) is 0 Å². The van der Waals surface area contributed by atoms with Gasteiger partial charge in [0.15, 0.2) is 0 Å². The zero-order chi connectivity index (χ0) is 6.85. The molecule has 0 aliphatic heterocycles. The summed E-state index contributed by atoms with van der Waals surface area (Å²) >= 11 is 8.02. The molecule has 1 rings (SSSR count). The van der Waals surface area contributed by atoms with Gasteiger partial charge in [0, 0.05) is 4.90 Å². The lowest BCUT2D eigenvalue weighted by Crippen LogP contribution is -1.70. The second-order valence-corrected chi connectivity index (χ2v) is 2.57. The first-order chi connectivity index (χ1) is 4.22. The van der Waals surface area contributed by atoms with Crippen LogP contribution in [0.25, 0.3) is 0 Å². The van der Waals surface area contributed by atoms with E-state index in [9.17, 15) is 0 Å². The zero-order valence-corrected chi connectivity index (χ0v) is 6.36. The van der Waals surface area contributed by atoms with Gasteiger partial charge in [0.2, 0.25) is 0 Å². The van der Waals surface area contributed by atoms with Gasteiger partial charge in [0.05, 0.1) is 4.90 Å². The lowest BCUT2D eigenvalue weighted by molar-refractivity contribution is 0.459. The van der Waals surface area contributed by atoms with Gasteiger partial charge in [0.25, 0.3) is 0 Å². The Bertz CT molecular complexity index is 202. The summed E-state index contributed by atoms with van der Waals surface area (Å²) in [6.07, 6.45) is 0. The van der Waals surface area contributed by atoms with Crippen LogP contribution in [0.1, 0.15) is 0 Å². The van der Waals surface area contributed by atoms with Gasteiger partial charge >= 0.3 is 0 Å². The summed E-state index contributed by atoms with van der Waals surface area (Å²) in [5.74, 6) is 0.172. The summed E-state index contributed by atoms with van der Waals surface area (Å²) in [5.41, 5.74) is 0. The molecule has 0 saturated heterocycles. The van der Waals surface area contributed by atoms with Crippen LogP contribution < -0.4 is 0 Å². The number of aromatic hydroxyl groups is 1. The van der Waals surface area contributed by atoms with Crippen LogP contribution in [0.2, 0.25) is 0 Å². The fourth-order valence-corrected chi connectivity index (χ4v) is 0.869. The first kappa shape index (κ1) is 6.83. The molecule has 0 radical (unpaired) electrons. The topological polar surface area (TPSA) is 20.2 Å². The molecule has 0 amide bonds. The highest BCUT2D eigenvalue weighted by Crippen LogP contribution is 2.26. The SMILES string of the molecule is Oc1cccc(S)c1S. The predicted molar refractivity (Wildman–Crippen MR) is 42.6 cm³/mol. The summed E-state index contributed by atoms with van der Waals surface area (Å²) < 4.78 is 0. The Morgan fingerprint density at radius 1 is 1.22 bits per heavy atom. The average molecular weight is 158 g/mol. The maximum absolute atomic E-state index is 8.97. The molecule has 48 valence electrons. The molecular weight excluding hydrogens is 152 g/mol. The minimum atomic E-state index is 0.172. The molecule has 0 spiro atoms. The predicted octanol–water partition coefficient (Wildman–Crippen LogP) is 1.97. The molecule has 1 aromatic rings. The van der Waals surface area contributed by atoms with Gasteiger partial charge in [0.1, 0.15) is 5.75 Å². The van der Waals surface area contributed by atoms with Gasteiger partial charge in [-0.05, 0) is 12.1 Å². The largest absolute Gasteiger partial charge is 0.507 e. The van der Waals surface area contributed by atoms with Crippen molar-refractivity contribution in [3.63, 3.8) is 0 Å². The third-order valence-corrected chi connectivity index (χ3v) is 2.01. The van der Waals surface area contributed by atoms with Crippen LogP contribution in [0.3, 0.4) is 0 Å². The molecule has 3 heteroatoms. The molecule has 0 fully saturated rings. The van der Waals surface area contributed by atoms with E-state index < -0.39 is 0 Å². The van der Waals surface area contributed by atoms with Gasteiger partial charge in [-0.1, -0.05) is 6.07 Å². The molecule has 0 atom stereocenters. The molecule has 0 aliphatic carbocycles. The molecule has 0 heterocycles. The second-order valence-electron chi connectivity index (χ2n) is 1.64. The normalized spacial score (nSPS) is 9.56. The van der Waals surface area contributed by atoms with E-state index >= 15 is 0 Å². The van der Waals surface area contributed by atoms with E-state index in [2.05, 4.69) is 25.3 Å². The van der Waals surface area contributed by atoms with Gasteiger partial charge in [-0.25, -0.2) is 0 Å². The maximum atomic E-state index is 8.97. The van der Waals surface area contributed by atoms with Crippen molar-refractivity contribution in [3.05, 3.63) is 18.2 Å². The Balaban J connectivity index is 3.25. The van der Waals surface area contributed by atoms with Crippen molar-refractivity contribution in [2.75, 3.05) is 0 Å². The van der Waals surface area contributed by atoms with Crippen molar-refractivity contribution in [2.45, 2.75) is 9.79 Å².